The van der Waals surface area contributed by atoms with Gasteiger partial charge in [0.05, 0.1) is 5.69 Å². The molecule has 22 heavy (non-hydrogen) atoms. The van der Waals surface area contributed by atoms with E-state index in [1.807, 2.05) is 23.6 Å². The first kappa shape index (κ1) is 13.8. The van der Waals surface area contributed by atoms with Crippen molar-refractivity contribution < 1.29 is 9.59 Å². The molecular formula is C16H14N2O2S2. The summed E-state index contributed by atoms with van der Waals surface area (Å²) in [5.41, 5.74) is 1.83. The lowest BCUT2D eigenvalue weighted by Gasteiger charge is -2.22. The summed E-state index contributed by atoms with van der Waals surface area (Å²) in [5, 5.41) is 1.99. The number of benzene rings is 1. The number of hydrogen-bond acceptors (Lipinski definition) is 4. The largest absolute Gasteiger partial charge is 0.333 e. The van der Waals surface area contributed by atoms with Crippen LogP contribution < -0.4 is 4.90 Å². The van der Waals surface area contributed by atoms with E-state index in [0.717, 1.165) is 0 Å². The van der Waals surface area contributed by atoms with Gasteiger partial charge in [-0.05, 0) is 36.1 Å². The van der Waals surface area contributed by atoms with Gasteiger partial charge < -0.3 is 0 Å². The molecule has 1 aromatic heterocycles. The molecule has 2 saturated heterocycles. The second-order valence-corrected chi connectivity index (χ2v) is 7.43. The Bertz CT molecular complexity index is 744. The summed E-state index contributed by atoms with van der Waals surface area (Å²) in [4.78, 5) is 29.7. The van der Waals surface area contributed by atoms with Gasteiger partial charge in [0.15, 0.2) is 0 Å². The summed E-state index contributed by atoms with van der Waals surface area (Å²) in [5.74, 6) is 0.552. The van der Waals surface area contributed by atoms with Gasteiger partial charge in [-0.3, -0.25) is 9.69 Å². The average Bonchev–Trinajstić information content (AvgIpc) is 3.18. The van der Waals surface area contributed by atoms with Gasteiger partial charge in [0.2, 0.25) is 0 Å². The van der Waals surface area contributed by atoms with E-state index in [1.54, 1.807) is 40.1 Å². The first-order valence-corrected chi connectivity index (χ1v) is 8.98. The number of para-hydroxylation sites is 1. The van der Waals surface area contributed by atoms with Gasteiger partial charge in [-0.2, -0.15) is 0 Å². The number of anilines is 1. The Labute approximate surface area is 136 Å². The van der Waals surface area contributed by atoms with Gasteiger partial charge in [0.1, 0.15) is 11.4 Å². The predicted molar refractivity (Wildman–Crippen MR) is 89.2 cm³/mol. The zero-order chi connectivity index (χ0) is 15.3. The maximum Gasteiger partial charge on any atom is 0.333 e. The number of imide groups is 1. The highest BCUT2D eigenvalue weighted by Crippen LogP contribution is 2.48. The van der Waals surface area contributed by atoms with E-state index < -0.39 is 0 Å². The first-order valence-electron chi connectivity index (χ1n) is 7.05. The van der Waals surface area contributed by atoms with Crippen molar-refractivity contribution >= 4 is 40.7 Å². The minimum absolute atomic E-state index is 0.0461. The van der Waals surface area contributed by atoms with Crippen molar-refractivity contribution in [2.45, 2.75) is 18.3 Å². The Morgan fingerprint density at radius 3 is 2.59 bits per heavy atom. The van der Waals surface area contributed by atoms with E-state index in [0.29, 0.717) is 11.4 Å². The summed E-state index contributed by atoms with van der Waals surface area (Å²) in [7, 11) is 0. The van der Waals surface area contributed by atoms with Crippen LogP contribution in [0.2, 0.25) is 0 Å². The van der Waals surface area contributed by atoms with E-state index in [2.05, 4.69) is 13.0 Å². The predicted octanol–water partition coefficient (Wildman–Crippen LogP) is 3.64. The molecule has 1 aromatic carbocycles. The number of rotatable bonds is 2. The lowest BCUT2D eigenvalue weighted by atomic mass is 10.2. The fourth-order valence-corrected chi connectivity index (χ4v) is 5.62. The Balaban J connectivity index is 1.72. The van der Waals surface area contributed by atoms with E-state index in [4.69, 9.17) is 0 Å². The smallest absolute Gasteiger partial charge is 0.294 e. The molecule has 2 fully saturated rings. The average molecular weight is 330 g/mol. The SMILES string of the molecule is Cc1ccsc1C1SC[C@H]2C(=O)N(c3ccccc3)C(=O)N12. The molecule has 2 aliphatic rings. The summed E-state index contributed by atoms with van der Waals surface area (Å²) >= 11 is 3.33. The number of nitrogens with zero attached hydrogens (tertiary/aromatic N) is 2. The highest BCUT2D eigenvalue weighted by atomic mass is 32.2. The fraction of sp³-hybridized carbons (Fsp3) is 0.250. The lowest BCUT2D eigenvalue weighted by Crippen LogP contribution is -2.33. The van der Waals surface area contributed by atoms with Gasteiger partial charge in [0.25, 0.3) is 5.91 Å². The Morgan fingerprint density at radius 1 is 1.14 bits per heavy atom. The van der Waals surface area contributed by atoms with Crippen molar-refractivity contribution in [3.63, 3.8) is 0 Å². The molecule has 1 unspecified atom stereocenters. The van der Waals surface area contributed by atoms with Crippen LogP contribution in [-0.4, -0.2) is 28.6 Å². The lowest BCUT2D eigenvalue weighted by molar-refractivity contribution is -0.119. The third-order valence-corrected chi connectivity index (χ3v) is 6.57. The molecule has 2 atom stereocenters. The molecule has 4 rings (SSSR count). The van der Waals surface area contributed by atoms with Gasteiger partial charge in [0, 0.05) is 10.6 Å². The molecule has 3 heterocycles. The van der Waals surface area contributed by atoms with Crippen LogP contribution in [0.1, 0.15) is 15.8 Å². The number of hydrogen-bond donors (Lipinski definition) is 0. The van der Waals surface area contributed by atoms with Gasteiger partial charge in [-0.1, -0.05) is 18.2 Å². The van der Waals surface area contributed by atoms with Crippen molar-refractivity contribution in [3.05, 3.63) is 52.2 Å². The third-order valence-electron chi connectivity index (χ3n) is 4.06. The normalized spacial score (nSPS) is 24.2. The maximum absolute atomic E-state index is 12.8. The van der Waals surface area contributed by atoms with E-state index >= 15 is 0 Å². The van der Waals surface area contributed by atoms with E-state index in [-0.39, 0.29) is 23.4 Å². The summed E-state index contributed by atoms with van der Waals surface area (Å²) in [6.07, 6.45) is 0. The molecule has 0 saturated carbocycles. The second kappa shape index (κ2) is 5.14. The number of aryl methyl sites for hydroxylation is 1. The van der Waals surface area contributed by atoms with Crippen LogP contribution in [0, 0.1) is 6.92 Å². The van der Waals surface area contributed by atoms with Crippen LogP contribution in [0.15, 0.2) is 41.8 Å². The number of urea groups is 1. The highest BCUT2D eigenvalue weighted by Gasteiger charge is 2.53. The molecule has 0 spiro atoms. The summed E-state index contributed by atoms with van der Waals surface area (Å²) < 4.78 is 0. The van der Waals surface area contributed by atoms with Crippen LogP contribution in [0.3, 0.4) is 0 Å². The van der Waals surface area contributed by atoms with Crippen LogP contribution in [-0.2, 0) is 4.79 Å². The van der Waals surface area contributed by atoms with Gasteiger partial charge in [-0.15, -0.1) is 23.1 Å². The molecule has 2 aliphatic heterocycles. The van der Waals surface area contributed by atoms with E-state index in [1.165, 1.54) is 15.3 Å². The minimum atomic E-state index is -0.343. The van der Waals surface area contributed by atoms with Crippen molar-refractivity contribution in [3.8, 4) is 0 Å². The summed E-state index contributed by atoms with van der Waals surface area (Å²) in [6.45, 7) is 2.05. The zero-order valence-corrected chi connectivity index (χ0v) is 13.6. The highest BCUT2D eigenvalue weighted by molar-refractivity contribution is 8.00. The number of thioether (sulfide) groups is 1. The molecule has 3 amide bonds. The standard InChI is InChI=1S/C16H14N2O2S2/c1-10-7-8-21-13(10)15-18-12(9-22-15)14(19)17(16(18)20)11-5-3-2-4-6-11/h2-8,12,15H,9H2,1H3/t12-,15?/m0/s1. The van der Waals surface area contributed by atoms with Crippen LogP contribution in [0.4, 0.5) is 10.5 Å². The van der Waals surface area contributed by atoms with Crippen molar-refractivity contribution in [2.24, 2.45) is 0 Å². The number of carbonyl (C=O) groups is 2. The van der Waals surface area contributed by atoms with Crippen LogP contribution in [0.25, 0.3) is 0 Å². The molecule has 112 valence electrons. The monoisotopic (exact) mass is 330 g/mol. The molecule has 0 aliphatic carbocycles. The van der Waals surface area contributed by atoms with Crippen molar-refractivity contribution in [1.82, 2.24) is 4.90 Å². The van der Waals surface area contributed by atoms with Crippen molar-refractivity contribution in [1.29, 1.82) is 0 Å². The zero-order valence-electron chi connectivity index (χ0n) is 11.9. The molecular weight excluding hydrogens is 316 g/mol. The maximum atomic E-state index is 12.8. The molecule has 0 N–H and O–H groups in total. The first-order chi connectivity index (χ1) is 10.7. The molecule has 4 nitrogen and oxygen atoms in total. The van der Waals surface area contributed by atoms with E-state index in [9.17, 15) is 9.59 Å². The fourth-order valence-electron chi connectivity index (χ4n) is 2.94. The summed E-state index contributed by atoms with van der Waals surface area (Å²) in [6, 6.07) is 10.7. The molecule has 0 radical (unpaired) electrons. The van der Waals surface area contributed by atoms with Gasteiger partial charge >= 0.3 is 6.03 Å². The van der Waals surface area contributed by atoms with Crippen LogP contribution in [0.5, 0.6) is 0 Å². The number of thiophene rings is 1. The molecule has 2 aromatic rings. The third kappa shape index (κ3) is 1.90. The molecule has 6 heteroatoms. The topological polar surface area (TPSA) is 40.6 Å². The molecule has 0 bridgehead atoms. The van der Waals surface area contributed by atoms with Crippen LogP contribution >= 0.6 is 23.1 Å². The second-order valence-electron chi connectivity index (χ2n) is 5.37. The van der Waals surface area contributed by atoms with Gasteiger partial charge in [-0.25, -0.2) is 9.69 Å². The number of carbonyl (C=O) groups excluding carboxylic acids is 2. The Morgan fingerprint density at radius 2 is 1.91 bits per heavy atom. The Kier molecular flexibility index (Phi) is 3.23. The number of fused-ring (bicyclic) bond motifs is 1. The Hall–Kier alpha value is -1.79. The minimum Gasteiger partial charge on any atom is -0.294 e. The quantitative estimate of drug-likeness (QED) is 0.789. The van der Waals surface area contributed by atoms with Crippen molar-refractivity contribution in [2.75, 3.05) is 10.7 Å². The number of amides is 3.